The average Bonchev–Trinajstić information content (AvgIpc) is 2.83. The number of carbonyl (C=O) groups is 1. The van der Waals surface area contributed by atoms with Crippen molar-refractivity contribution in [2.75, 3.05) is 23.1 Å². The number of nitrogens with zero attached hydrogens (tertiary/aromatic N) is 1. The lowest BCUT2D eigenvalue weighted by molar-refractivity contribution is -0.121. The van der Waals surface area contributed by atoms with E-state index in [4.69, 9.17) is 23.2 Å². The number of benzene rings is 3. The number of likely N-dealkylation sites (tertiary alicyclic amines) is 1. The van der Waals surface area contributed by atoms with Crippen LogP contribution in [0, 0.1) is 12.8 Å². The first kappa shape index (κ1) is 25.5. The molecule has 0 saturated carbocycles. The molecule has 35 heavy (non-hydrogen) atoms. The van der Waals surface area contributed by atoms with Crippen molar-refractivity contribution in [2.45, 2.75) is 31.2 Å². The van der Waals surface area contributed by atoms with Gasteiger partial charge in [0.25, 0.3) is 10.0 Å². The van der Waals surface area contributed by atoms with Crippen LogP contribution in [0.3, 0.4) is 0 Å². The SMILES string of the molecule is Cc1ccc(NS(=O)(=O)c2ccc(NC(=O)C3CCN(Cc4ccccc4Cl)CC3)cc2)cc1Cl. The molecular weight excluding hydrogens is 505 g/mol. The third-order valence-electron chi connectivity index (χ3n) is 6.17. The predicted octanol–water partition coefficient (Wildman–Crippen LogP) is 5.95. The number of hydrogen-bond donors (Lipinski definition) is 2. The molecule has 1 aliphatic rings. The van der Waals surface area contributed by atoms with Crippen molar-refractivity contribution in [2.24, 2.45) is 5.92 Å². The van der Waals surface area contributed by atoms with Gasteiger partial charge in [0.2, 0.25) is 5.91 Å². The number of amides is 1. The first-order chi connectivity index (χ1) is 16.7. The van der Waals surface area contributed by atoms with E-state index in [2.05, 4.69) is 14.9 Å². The molecule has 9 heteroatoms. The summed E-state index contributed by atoms with van der Waals surface area (Å²) in [4.78, 5) is 15.2. The normalized spacial score (nSPS) is 15.1. The molecule has 6 nitrogen and oxygen atoms in total. The standard InChI is InChI=1S/C26H27Cl2N3O3S/c1-18-6-7-22(16-25(18)28)30-35(33,34)23-10-8-21(9-11-23)29-26(32)19-12-14-31(15-13-19)17-20-4-2-3-5-24(20)27/h2-11,16,19,30H,12-15,17H2,1H3,(H,29,32). The lowest BCUT2D eigenvalue weighted by Gasteiger charge is -2.31. The molecule has 4 rings (SSSR count). The van der Waals surface area contributed by atoms with E-state index >= 15 is 0 Å². The molecule has 1 heterocycles. The molecule has 2 N–H and O–H groups in total. The van der Waals surface area contributed by atoms with Gasteiger partial charge in [-0.2, -0.15) is 0 Å². The number of anilines is 2. The molecule has 0 spiro atoms. The number of piperidine rings is 1. The molecule has 0 radical (unpaired) electrons. The number of aryl methyl sites for hydroxylation is 1. The van der Waals surface area contributed by atoms with E-state index < -0.39 is 10.0 Å². The molecule has 184 valence electrons. The van der Waals surface area contributed by atoms with Crippen molar-refractivity contribution in [3.05, 3.63) is 87.9 Å². The molecule has 0 aromatic heterocycles. The molecule has 1 aliphatic heterocycles. The molecule has 3 aromatic rings. The lowest BCUT2D eigenvalue weighted by atomic mass is 9.95. The van der Waals surface area contributed by atoms with E-state index in [9.17, 15) is 13.2 Å². The Morgan fingerprint density at radius 1 is 0.943 bits per heavy atom. The van der Waals surface area contributed by atoms with E-state index in [-0.39, 0.29) is 16.7 Å². The van der Waals surface area contributed by atoms with Crippen LogP contribution in [0.5, 0.6) is 0 Å². The molecule has 0 unspecified atom stereocenters. The Hall–Kier alpha value is -2.58. The minimum absolute atomic E-state index is 0.0505. The fourth-order valence-electron chi connectivity index (χ4n) is 4.05. The summed E-state index contributed by atoms with van der Waals surface area (Å²) in [7, 11) is -3.78. The van der Waals surface area contributed by atoms with Gasteiger partial charge in [-0.05, 0) is 86.4 Å². The smallest absolute Gasteiger partial charge is 0.261 e. The van der Waals surface area contributed by atoms with Gasteiger partial charge in [0.05, 0.1) is 10.6 Å². The molecule has 1 fully saturated rings. The quantitative estimate of drug-likeness (QED) is 0.394. The molecule has 1 saturated heterocycles. The Bertz CT molecular complexity index is 1310. The van der Waals surface area contributed by atoms with E-state index in [1.165, 1.54) is 12.1 Å². The minimum atomic E-state index is -3.78. The Balaban J connectivity index is 1.31. The Morgan fingerprint density at radius 3 is 2.26 bits per heavy atom. The van der Waals surface area contributed by atoms with Gasteiger partial charge in [0.15, 0.2) is 0 Å². The van der Waals surface area contributed by atoms with Crippen LogP contribution in [0.1, 0.15) is 24.0 Å². The first-order valence-corrected chi connectivity index (χ1v) is 13.6. The zero-order valence-corrected chi connectivity index (χ0v) is 21.6. The van der Waals surface area contributed by atoms with Crippen molar-refractivity contribution < 1.29 is 13.2 Å². The molecule has 0 aliphatic carbocycles. The number of carbonyl (C=O) groups excluding carboxylic acids is 1. The summed E-state index contributed by atoms with van der Waals surface area (Å²) in [5, 5.41) is 4.16. The molecule has 3 aromatic carbocycles. The highest BCUT2D eigenvalue weighted by Gasteiger charge is 2.25. The van der Waals surface area contributed by atoms with Gasteiger partial charge in [0, 0.05) is 28.2 Å². The highest BCUT2D eigenvalue weighted by molar-refractivity contribution is 7.92. The Kier molecular flexibility index (Phi) is 8.02. The van der Waals surface area contributed by atoms with Crippen LogP contribution in [-0.2, 0) is 21.4 Å². The summed E-state index contributed by atoms with van der Waals surface area (Å²) in [6, 6.07) is 18.9. The van der Waals surface area contributed by atoms with E-state index in [1.807, 2.05) is 31.2 Å². The highest BCUT2D eigenvalue weighted by atomic mass is 35.5. The van der Waals surface area contributed by atoms with Crippen molar-refractivity contribution >= 4 is 50.5 Å². The monoisotopic (exact) mass is 531 g/mol. The van der Waals surface area contributed by atoms with Crippen molar-refractivity contribution in [1.82, 2.24) is 4.90 Å². The van der Waals surface area contributed by atoms with Crippen LogP contribution >= 0.6 is 23.2 Å². The van der Waals surface area contributed by atoms with Gasteiger partial charge in [-0.1, -0.05) is 47.5 Å². The van der Waals surface area contributed by atoms with Crippen LogP contribution in [0.15, 0.2) is 71.6 Å². The van der Waals surface area contributed by atoms with Crippen LogP contribution in [0.25, 0.3) is 0 Å². The highest BCUT2D eigenvalue weighted by Crippen LogP contribution is 2.25. The maximum Gasteiger partial charge on any atom is 0.261 e. The maximum absolute atomic E-state index is 12.8. The average molecular weight is 532 g/mol. The third-order valence-corrected chi connectivity index (χ3v) is 8.34. The van der Waals surface area contributed by atoms with Crippen molar-refractivity contribution in [1.29, 1.82) is 0 Å². The van der Waals surface area contributed by atoms with Gasteiger partial charge >= 0.3 is 0 Å². The number of hydrogen-bond acceptors (Lipinski definition) is 4. The van der Waals surface area contributed by atoms with E-state index in [0.29, 0.717) is 16.4 Å². The van der Waals surface area contributed by atoms with E-state index in [1.54, 1.807) is 30.3 Å². The first-order valence-electron chi connectivity index (χ1n) is 11.4. The van der Waals surface area contributed by atoms with E-state index in [0.717, 1.165) is 48.6 Å². The topological polar surface area (TPSA) is 78.5 Å². The zero-order chi connectivity index (χ0) is 25.0. The van der Waals surface area contributed by atoms with Gasteiger partial charge in [-0.15, -0.1) is 0 Å². The summed E-state index contributed by atoms with van der Waals surface area (Å²) in [6.07, 6.45) is 1.51. The second kappa shape index (κ2) is 11.0. The van der Waals surface area contributed by atoms with Crippen LogP contribution < -0.4 is 10.0 Å². The van der Waals surface area contributed by atoms with Gasteiger partial charge in [-0.3, -0.25) is 14.4 Å². The zero-order valence-electron chi connectivity index (χ0n) is 19.3. The van der Waals surface area contributed by atoms with Crippen LogP contribution in [0.2, 0.25) is 10.0 Å². The maximum atomic E-state index is 12.8. The minimum Gasteiger partial charge on any atom is -0.326 e. The summed E-state index contributed by atoms with van der Waals surface area (Å²) in [5.74, 6) is -0.140. The summed E-state index contributed by atoms with van der Waals surface area (Å²) in [6.45, 7) is 4.24. The molecule has 0 atom stereocenters. The fourth-order valence-corrected chi connectivity index (χ4v) is 5.48. The fraction of sp³-hybridized carbons (Fsp3) is 0.269. The van der Waals surface area contributed by atoms with Crippen LogP contribution in [0.4, 0.5) is 11.4 Å². The summed E-state index contributed by atoms with van der Waals surface area (Å²) >= 11 is 12.4. The van der Waals surface area contributed by atoms with Gasteiger partial charge in [0.1, 0.15) is 0 Å². The molecule has 1 amide bonds. The lowest BCUT2D eigenvalue weighted by Crippen LogP contribution is -2.37. The Morgan fingerprint density at radius 2 is 1.60 bits per heavy atom. The predicted molar refractivity (Wildman–Crippen MR) is 142 cm³/mol. The second-order valence-electron chi connectivity index (χ2n) is 8.72. The largest absolute Gasteiger partial charge is 0.326 e. The number of halogens is 2. The summed E-state index contributed by atoms with van der Waals surface area (Å²) in [5.41, 5.74) is 2.90. The number of rotatable bonds is 7. The van der Waals surface area contributed by atoms with Gasteiger partial charge < -0.3 is 5.32 Å². The molecular formula is C26H27Cl2N3O3S. The Labute approximate surface area is 216 Å². The molecule has 0 bridgehead atoms. The second-order valence-corrected chi connectivity index (χ2v) is 11.2. The van der Waals surface area contributed by atoms with Crippen molar-refractivity contribution in [3.63, 3.8) is 0 Å². The van der Waals surface area contributed by atoms with Crippen LogP contribution in [-0.4, -0.2) is 32.3 Å². The van der Waals surface area contributed by atoms with Crippen molar-refractivity contribution in [3.8, 4) is 0 Å². The third kappa shape index (κ3) is 6.55. The van der Waals surface area contributed by atoms with Gasteiger partial charge in [-0.25, -0.2) is 8.42 Å². The number of nitrogens with one attached hydrogen (secondary N) is 2. The summed E-state index contributed by atoms with van der Waals surface area (Å²) < 4.78 is 27.9. The number of sulfonamides is 1.